The zero-order valence-electron chi connectivity index (χ0n) is 14.4. The molecule has 1 saturated heterocycles. The molecule has 2 unspecified atom stereocenters. The Kier molecular flexibility index (Phi) is 5.34. The third-order valence-corrected chi connectivity index (χ3v) is 4.79. The van der Waals surface area contributed by atoms with Crippen molar-refractivity contribution in [1.82, 2.24) is 4.90 Å². The molecule has 0 amide bonds. The first-order valence-electron chi connectivity index (χ1n) is 8.36. The van der Waals surface area contributed by atoms with E-state index in [1.807, 2.05) is 31.3 Å². The summed E-state index contributed by atoms with van der Waals surface area (Å²) >= 11 is 0. The van der Waals surface area contributed by atoms with Gasteiger partial charge in [-0.25, -0.2) is 4.39 Å². The fourth-order valence-corrected chi connectivity index (χ4v) is 3.32. The fourth-order valence-electron chi connectivity index (χ4n) is 3.32. The second kappa shape index (κ2) is 7.66. The first-order chi connectivity index (χ1) is 12.1. The van der Waals surface area contributed by atoms with Gasteiger partial charge in [-0.15, -0.1) is 0 Å². The van der Waals surface area contributed by atoms with Gasteiger partial charge in [0.1, 0.15) is 24.2 Å². The Balaban J connectivity index is 1.63. The highest BCUT2D eigenvalue weighted by atomic mass is 19.1. The maximum atomic E-state index is 13.6. The molecular formula is C20H22FNO3. The van der Waals surface area contributed by atoms with Gasteiger partial charge in [0.25, 0.3) is 0 Å². The standard InChI is InChI=1S/C20H22FNO3/c1-22-18(11-12-19(22)20(23)24-2)14-7-9-16(10-8-14)25-13-15-5-3-4-6-17(15)21/h3-10,18-19H,11-13H2,1-2H3. The minimum Gasteiger partial charge on any atom is -0.489 e. The van der Waals surface area contributed by atoms with E-state index in [0.717, 1.165) is 18.4 Å². The molecule has 2 aromatic carbocycles. The Morgan fingerprint density at radius 2 is 1.88 bits per heavy atom. The van der Waals surface area contributed by atoms with E-state index in [2.05, 4.69) is 4.90 Å². The molecule has 1 fully saturated rings. The molecule has 1 heterocycles. The number of methoxy groups -OCH3 is 1. The van der Waals surface area contributed by atoms with Crippen molar-refractivity contribution in [3.63, 3.8) is 0 Å². The lowest BCUT2D eigenvalue weighted by Gasteiger charge is -2.24. The summed E-state index contributed by atoms with van der Waals surface area (Å²) in [7, 11) is 3.37. The van der Waals surface area contributed by atoms with E-state index in [1.165, 1.54) is 13.2 Å². The highest BCUT2D eigenvalue weighted by molar-refractivity contribution is 5.76. The molecule has 25 heavy (non-hydrogen) atoms. The number of likely N-dealkylation sites (N-methyl/N-ethyl adjacent to an activating group) is 1. The third-order valence-electron chi connectivity index (χ3n) is 4.79. The molecule has 3 rings (SSSR count). The van der Waals surface area contributed by atoms with Crippen LogP contribution in [0, 0.1) is 5.82 Å². The first kappa shape index (κ1) is 17.4. The minimum absolute atomic E-state index is 0.185. The highest BCUT2D eigenvalue weighted by Gasteiger charge is 2.36. The molecular weight excluding hydrogens is 321 g/mol. The van der Waals surface area contributed by atoms with Crippen molar-refractivity contribution in [2.75, 3.05) is 14.2 Å². The summed E-state index contributed by atoms with van der Waals surface area (Å²) < 4.78 is 24.1. The predicted molar refractivity (Wildman–Crippen MR) is 92.7 cm³/mol. The topological polar surface area (TPSA) is 38.8 Å². The van der Waals surface area contributed by atoms with Gasteiger partial charge in [0, 0.05) is 11.6 Å². The highest BCUT2D eigenvalue weighted by Crippen LogP contribution is 2.35. The number of carbonyl (C=O) groups is 1. The van der Waals surface area contributed by atoms with E-state index < -0.39 is 0 Å². The van der Waals surface area contributed by atoms with Gasteiger partial charge in [-0.1, -0.05) is 30.3 Å². The van der Waals surface area contributed by atoms with E-state index >= 15 is 0 Å². The van der Waals surface area contributed by atoms with Crippen LogP contribution in [0.25, 0.3) is 0 Å². The number of rotatable bonds is 5. The molecule has 2 atom stereocenters. The second-order valence-electron chi connectivity index (χ2n) is 6.25. The molecule has 0 aliphatic carbocycles. The average Bonchev–Trinajstić information content (AvgIpc) is 3.02. The Morgan fingerprint density at radius 3 is 2.56 bits per heavy atom. The second-order valence-corrected chi connectivity index (χ2v) is 6.25. The minimum atomic E-state index is -0.263. The van der Waals surface area contributed by atoms with Crippen LogP contribution in [0.1, 0.15) is 30.0 Å². The van der Waals surface area contributed by atoms with E-state index in [1.54, 1.807) is 18.2 Å². The Labute approximate surface area is 147 Å². The third kappa shape index (κ3) is 3.82. The zero-order valence-corrected chi connectivity index (χ0v) is 14.4. The van der Waals surface area contributed by atoms with Crippen molar-refractivity contribution in [1.29, 1.82) is 0 Å². The van der Waals surface area contributed by atoms with Crippen molar-refractivity contribution in [3.8, 4) is 5.75 Å². The van der Waals surface area contributed by atoms with Crippen LogP contribution in [0.3, 0.4) is 0 Å². The molecule has 1 aliphatic rings. The molecule has 0 aromatic heterocycles. The summed E-state index contributed by atoms with van der Waals surface area (Å²) in [4.78, 5) is 13.8. The largest absolute Gasteiger partial charge is 0.489 e. The van der Waals surface area contributed by atoms with Crippen molar-refractivity contribution >= 4 is 5.97 Å². The lowest BCUT2D eigenvalue weighted by atomic mass is 10.0. The number of nitrogens with zero attached hydrogens (tertiary/aromatic N) is 1. The lowest BCUT2D eigenvalue weighted by molar-refractivity contribution is -0.145. The molecule has 1 aliphatic heterocycles. The number of carbonyl (C=O) groups excluding carboxylic acids is 1. The van der Waals surface area contributed by atoms with E-state index in [-0.39, 0.29) is 30.5 Å². The van der Waals surface area contributed by atoms with Crippen LogP contribution < -0.4 is 4.74 Å². The van der Waals surface area contributed by atoms with Crippen LogP contribution in [0.2, 0.25) is 0 Å². The van der Waals surface area contributed by atoms with Crippen LogP contribution in [0.15, 0.2) is 48.5 Å². The van der Waals surface area contributed by atoms with Crippen molar-refractivity contribution in [2.24, 2.45) is 0 Å². The van der Waals surface area contributed by atoms with Gasteiger partial charge in [-0.05, 0) is 43.7 Å². The van der Waals surface area contributed by atoms with Gasteiger partial charge >= 0.3 is 5.97 Å². The lowest BCUT2D eigenvalue weighted by Crippen LogP contribution is -2.35. The van der Waals surface area contributed by atoms with Gasteiger partial charge in [-0.3, -0.25) is 9.69 Å². The number of hydrogen-bond acceptors (Lipinski definition) is 4. The van der Waals surface area contributed by atoms with Crippen LogP contribution in [-0.4, -0.2) is 31.1 Å². The molecule has 5 heteroatoms. The molecule has 0 radical (unpaired) electrons. The van der Waals surface area contributed by atoms with E-state index in [9.17, 15) is 9.18 Å². The fraction of sp³-hybridized carbons (Fsp3) is 0.350. The monoisotopic (exact) mass is 343 g/mol. The van der Waals surface area contributed by atoms with Gasteiger partial charge in [-0.2, -0.15) is 0 Å². The number of esters is 1. The summed E-state index contributed by atoms with van der Waals surface area (Å²) in [6, 6.07) is 14.3. The molecule has 0 spiro atoms. The molecule has 0 N–H and O–H groups in total. The van der Waals surface area contributed by atoms with Gasteiger partial charge < -0.3 is 9.47 Å². The van der Waals surface area contributed by atoms with Crippen LogP contribution in [0.4, 0.5) is 4.39 Å². The molecule has 0 saturated carbocycles. The van der Waals surface area contributed by atoms with Crippen LogP contribution in [0.5, 0.6) is 5.75 Å². The predicted octanol–water partition coefficient (Wildman–Crippen LogP) is 3.71. The summed E-state index contributed by atoms with van der Waals surface area (Å²) in [5.41, 5.74) is 1.66. The van der Waals surface area contributed by atoms with Crippen molar-refractivity contribution in [2.45, 2.75) is 31.5 Å². The first-order valence-corrected chi connectivity index (χ1v) is 8.36. The summed E-state index contributed by atoms with van der Waals surface area (Å²) in [6.07, 6.45) is 1.70. The van der Waals surface area contributed by atoms with Crippen molar-refractivity contribution < 1.29 is 18.7 Å². The maximum Gasteiger partial charge on any atom is 0.323 e. The van der Waals surface area contributed by atoms with E-state index in [4.69, 9.17) is 9.47 Å². The Bertz CT molecular complexity index is 732. The molecule has 2 aromatic rings. The van der Waals surface area contributed by atoms with E-state index in [0.29, 0.717) is 11.3 Å². The molecule has 4 nitrogen and oxygen atoms in total. The number of likely N-dealkylation sites (tertiary alicyclic amines) is 1. The number of hydrogen-bond donors (Lipinski definition) is 0. The van der Waals surface area contributed by atoms with Gasteiger partial charge in [0.05, 0.1) is 7.11 Å². The van der Waals surface area contributed by atoms with Gasteiger partial charge in [0.15, 0.2) is 0 Å². The molecule has 0 bridgehead atoms. The van der Waals surface area contributed by atoms with Gasteiger partial charge in [0.2, 0.25) is 0 Å². The SMILES string of the molecule is COC(=O)C1CCC(c2ccc(OCc3ccccc3F)cc2)N1C. The number of halogens is 1. The summed E-state index contributed by atoms with van der Waals surface area (Å²) in [5.74, 6) is 0.243. The summed E-state index contributed by atoms with van der Waals surface area (Å²) in [6.45, 7) is 0.194. The normalized spacial score (nSPS) is 20.4. The smallest absolute Gasteiger partial charge is 0.323 e. The maximum absolute atomic E-state index is 13.6. The van der Waals surface area contributed by atoms with Crippen LogP contribution in [-0.2, 0) is 16.1 Å². The molecule has 132 valence electrons. The van der Waals surface area contributed by atoms with Crippen molar-refractivity contribution in [3.05, 3.63) is 65.5 Å². The summed E-state index contributed by atoms with van der Waals surface area (Å²) in [5, 5.41) is 0. The quantitative estimate of drug-likeness (QED) is 0.776. The number of ether oxygens (including phenoxy) is 2. The number of benzene rings is 2. The Morgan fingerprint density at radius 1 is 1.16 bits per heavy atom. The average molecular weight is 343 g/mol. The van der Waals surface area contributed by atoms with Crippen LogP contribution >= 0.6 is 0 Å². The Hall–Kier alpha value is -2.40. The zero-order chi connectivity index (χ0) is 17.8.